The first-order valence-electron chi connectivity index (χ1n) is 10.00. The highest BCUT2D eigenvalue weighted by Crippen LogP contribution is 2.27. The van der Waals surface area contributed by atoms with Gasteiger partial charge >= 0.3 is 5.97 Å². The number of ether oxygens (including phenoxy) is 1. The average molecular weight is 413 g/mol. The lowest BCUT2D eigenvalue weighted by Crippen LogP contribution is -2.56. The summed E-state index contributed by atoms with van der Waals surface area (Å²) >= 11 is 0. The van der Waals surface area contributed by atoms with Crippen LogP contribution < -0.4 is 10.9 Å². The van der Waals surface area contributed by atoms with Crippen molar-refractivity contribution in [3.05, 3.63) is 39.9 Å². The number of esters is 1. The summed E-state index contributed by atoms with van der Waals surface area (Å²) in [4.78, 5) is 53.9. The summed E-state index contributed by atoms with van der Waals surface area (Å²) in [6, 6.07) is 5.28. The van der Waals surface area contributed by atoms with Crippen LogP contribution in [0.4, 0.5) is 0 Å². The fourth-order valence-electron chi connectivity index (χ4n) is 3.73. The number of amides is 2. The number of aromatic nitrogens is 2. The molecule has 0 spiro atoms. The van der Waals surface area contributed by atoms with Crippen LogP contribution in [0.5, 0.6) is 0 Å². The number of piperidine rings is 1. The van der Waals surface area contributed by atoms with E-state index in [9.17, 15) is 19.2 Å². The van der Waals surface area contributed by atoms with E-state index in [0.29, 0.717) is 23.1 Å². The molecule has 0 unspecified atom stereocenters. The van der Waals surface area contributed by atoms with Gasteiger partial charge in [0, 0.05) is 12.8 Å². The van der Waals surface area contributed by atoms with Gasteiger partial charge in [0.1, 0.15) is 17.0 Å². The van der Waals surface area contributed by atoms with Gasteiger partial charge < -0.3 is 4.74 Å². The van der Waals surface area contributed by atoms with Gasteiger partial charge in [0.25, 0.3) is 11.5 Å². The Morgan fingerprint density at radius 3 is 2.60 bits per heavy atom. The molecule has 1 aromatic carbocycles. The third-order valence-corrected chi connectivity index (χ3v) is 5.21. The number of rotatable bonds is 4. The van der Waals surface area contributed by atoms with E-state index in [0.717, 1.165) is 5.56 Å². The third-order valence-electron chi connectivity index (χ3n) is 5.21. The molecule has 1 N–H and O–H groups in total. The molecule has 2 aromatic rings. The van der Waals surface area contributed by atoms with Gasteiger partial charge in [-0.2, -0.15) is 0 Å². The number of hydrogen-bond donors (Lipinski definition) is 1. The molecule has 160 valence electrons. The van der Waals surface area contributed by atoms with Crippen LogP contribution in [0.25, 0.3) is 10.9 Å². The molecule has 8 nitrogen and oxygen atoms in total. The number of aryl methyl sites for hydroxylation is 2. The minimum absolute atomic E-state index is 0.155. The number of carbonyl (C=O) groups is 3. The first kappa shape index (κ1) is 21.7. The zero-order chi connectivity index (χ0) is 22.3. The van der Waals surface area contributed by atoms with Gasteiger partial charge in [0.05, 0.1) is 10.9 Å². The van der Waals surface area contributed by atoms with Gasteiger partial charge in [-0.05, 0) is 65.2 Å². The minimum atomic E-state index is -1.19. The highest BCUT2D eigenvalue weighted by Gasteiger charge is 2.42. The Morgan fingerprint density at radius 1 is 1.27 bits per heavy atom. The molecule has 1 aliphatic rings. The summed E-state index contributed by atoms with van der Waals surface area (Å²) in [6.07, 6.45) is 0.995. The fraction of sp³-hybridized carbons (Fsp3) is 0.500. The second-order valence-corrected chi connectivity index (χ2v) is 8.89. The van der Waals surface area contributed by atoms with E-state index >= 15 is 0 Å². The maximum Gasteiger partial charge on any atom is 0.306 e. The SMILES string of the molecule is Cc1nc2ccc(CCC(=O)OC(C)(C)C)cc2c(=O)n1[C@@]1(C)CCC(=O)NC1=O. The molecule has 8 heteroatoms. The van der Waals surface area contributed by atoms with Crippen LogP contribution in [-0.4, -0.2) is 32.9 Å². The fourth-order valence-corrected chi connectivity index (χ4v) is 3.73. The Labute approximate surface area is 174 Å². The standard InChI is InChI=1S/C22H27N3O5/c1-13-23-16-8-6-14(7-9-18(27)30-21(2,3)4)12-15(16)19(28)25(13)22(5)11-10-17(26)24-20(22)29/h6,8,12H,7,9-11H2,1-5H3,(H,24,26,29)/t22-/m0/s1. The average Bonchev–Trinajstić information content (AvgIpc) is 2.62. The predicted octanol–water partition coefficient (Wildman–Crippen LogP) is 2.13. The Bertz CT molecular complexity index is 1100. The van der Waals surface area contributed by atoms with Gasteiger partial charge in [-0.3, -0.25) is 29.1 Å². The molecule has 30 heavy (non-hydrogen) atoms. The van der Waals surface area contributed by atoms with Crippen LogP contribution in [0, 0.1) is 6.92 Å². The molecule has 3 rings (SSSR count). The molecule has 2 amide bonds. The Balaban J connectivity index is 1.96. The van der Waals surface area contributed by atoms with Crippen LogP contribution in [0.15, 0.2) is 23.0 Å². The topological polar surface area (TPSA) is 107 Å². The zero-order valence-corrected chi connectivity index (χ0v) is 18.0. The van der Waals surface area contributed by atoms with Gasteiger partial charge in [0.15, 0.2) is 0 Å². The van der Waals surface area contributed by atoms with Crippen molar-refractivity contribution in [3.8, 4) is 0 Å². The van der Waals surface area contributed by atoms with E-state index in [-0.39, 0.29) is 36.7 Å². The monoisotopic (exact) mass is 413 g/mol. The summed E-state index contributed by atoms with van der Waals surface area (Å²) in [5.41, 5.74) is -0.763. The van der Waals surface area contributed by atoms with Crippen molar-refractivity contribution >= 4 is 28.7 Å². The van der Waals surface area contributed by atoms with E-state index in [1.807, 2.05) is 26.8 Å². The number of carbonyl (C=O) groups excluding carboxylic acids is 3. The summed E-state index contributed by atoms with van der Waals surface area (Å²) < 4.78 is 6.70. The van der Waals surface area contributed by atoms with Crippen molar-refractivity contribution in [2.45, 2.75) is 71.4 Å². The summed E-state index contributed by atoms with van der Waals surface area (Å²) in [7, 11) is 0. The highest BCUT2D eigenvalue weighted by molar-refractivity contribution is 6.01. The lowest BCUT2D eigenvalue weighted by atomic mass is 9.90. The molecule has 1 aromatic heterocycles. The van der Waals surface area contributed by atoms with Gasteiger partial charge in [-0.25, -0.2) is 4.98 Å². The number of hydrogen-bond acceptors (Lipinski definition) is 6. The number of nitrogens with zero attached hydrogens (tertiary/aromatic N) is 2. The molecule has 0 radical (unpaired) electrons. The van der Waals surface area contributed by atoms with Crippen LogP contribution >= 0.6 is 0 Å². The molecule has 0 bridgehead atoms. The first-order chi connectivity index (χ1) is 13.9. The molecule has 1 atom stereocenters. The lowest BCUT2D eigenvalue weighted by Gasteiger charge is -2.34. The molecule has 0 aliphatic carbocycles. The number of fused-ring (bicyclic) bond motifs is 1. The summed E-state index contributed by atoms with van der Waals surface area (Å²) in [5, 5.41) is 2.69. The summed E-state index contributed by atoms with van der Waals surface area (Å²) in [5.74, 6) is -0.758. The molecule has 2 heterocycles. The molecular weight excluding hydrogens is 386 g/mol. The van der Waals surface area contributed by atoms with E-state index < -0.39 is 17.0 Å². The van der Waals surface area contributed by atoms with Crippen molar-refractivity contribution in [2.24, 2.45) is 0 Å². The lowest BCUT2D eigenvalue weighted by molar-refractivity contribution is -0.154. The van der Waals surface area contributed by atoms with Crippen molar-refractivity contribution in [1.82, 2.24) is 14.9 Å². The molecule has 1 aliphatic heterocycles. The van der Waals surface area contributed by atoms with Crippen molar-refractivity contribution in [1.29, 1.82) is 0 Å². The third kappa shape index (κ3) is 4.27. The number of imide groups is 1. The quantitative estimate of drug-likeness (QED) is 0.608. The smallest absolute Gasteiger partial charge is 0.306 e. The zero-order valence-electron chi connectivity index (χ0n) is 18.0. The number of nitrogens with one attached hydrogen (secondary N) is 1. The number of benzene rings is 1. The maximum absolute atomic E-state index is 13.3. The van der Waals surface area contributed by atoms with E-state index in [1.54, 1.807) is 26.0 Å². The Hall–Kier alpha value is -3.03. The Kier molecular flexibility index (Phi) is 5.54. The molecular formula is C22H27N3O5. The van der Waals surface area contributed by atoms with Crippen LogP contribution in [0.2, 0.25) is 0 Å². The van der Waals surface area contributed by atoms with Crippen molar-refractivity contribution < 1.29 is 19.1 Å². The van der Waals surface area contributed by atoms with E-state index in [4.69, 9.17) is 4.74 Å². The van der Waals surface area contributed by atoms with Gasteiger partial charge in [-0.15, -0.1) is 0 Å². The van der Waals surface area contributed by atoms with Crippen LogP contribution in [-0.2, 0) is 31.1 Å². The van der Waals surface area contributed by atoms with Gasteiger partial charge in [-0.1, -0.05) is 6.07 Å². The normalized spacial score (nSPS) is 19.6. The highest BCUT2D eigenvalue weighted by atomic mass is 16.6. The van der Waals surface area contributed by atoms with E-state index in [1.165, 1.54) is 4.57 Å². The Morgan fingerprint density at radius 2 is 1.97 bits per heavy atom. The largest absolute Gasteiger partial charge is 0.460 e. The predicted molar refractivity (Wildman–Crippen MR) is 111 cm³/mol. The minimum Gasteiger partial charge on any atom is -0.460 e. The van der Waals surface area contributed by atoms with Crippen molar-refractivity contribution in [2.75, 3.05) is 0 Å². The van der Waals surface area contributed by atoms with Crippen LogP contribution in [0.1, 0.15) is 58.3 Å². The van der Waals surface area contributed by atoms with Crippen LogP contribution in [0.3, 0.4) is 0 Å². The second kappa shape index (κ2) is 7.66. The molecule has 1 saturated heterocycles. The van der Waals surface area contributed by atoms with E-state index in [2.05, 4.69) is 10.3 Å². The first-order valence-corrected chi connectivity index (χ1v) is 10.00. The molecule has 1 fully saturated rings. The summed E-state index contributed by atoms with van der Waals surface area (Å²) in [6.45, 7) is 8.75. The molecule has 0 saturated carbocycles. The maximum atomic E-state index is 13.3. The van der Waals surface area contributed by atoms with Gasteiger partial charge in [0.2, 0.25) is 5.91 Å². The van der Waals surface area contributed by atoms with Crippen molar-refractivity contribution in [3.63, 3.8) is 0 Å². The second-order valence-electron chi connectivity index (χ2n) is 8.89.